The second-order valence-electron chi connectivity index (χ2n) is 4.49. The Hall–Kier alpha value is -1.54. The molecule has 0 saturated heterocycles. The summed E-state index contributed by atoms with van der Waals surface area (Å²) in [5.74, 6) is 1.04. The topological polar surface area (TPSA) is 25.2 Å². The van der Waals surface area contributed by atoms with Gasteiger partial charge in [-0.15, -0.1) is 0 Å². The average molecular weight is 229 g/mol. The van der Waals surface area contributed by atoms with Gasteiger partial charge in [0.2, 0.25) is 0 Å². The minimum Gasteiger partial charge on any atom is -0.469 e. The van der Waals surface area contributed by atoms with Gasteiger partial charge in [-0.1, -0.05) is 24.3 Å². The van der Waals surface area contributed by atoms with E-state index in [1.54, 1.807) is 6.26 Å². The second kappa shape index (κ2) is 5.69. The van der Waals surface area contributed by atoms with Crippen LogP contribution in [0.4, 0.5) is 0 Å². The van der Waals surface area contributed by atoms with Crippen LogP contribution in [0, 0.1) is 6.92 Å². The highest BCUT2D eigenvalue weighted by Gasteiger charge is 2.05. The second-order valence-corrected chi connectivity index (χ2v) is 4.49. The minimum atomic E-state index is 0.417. The van der Waals surface area contributed by atoms with Crippen molar-refractivity contribution < 1.29 is 4.42 Å². The normalized spacial score (nSPS) is 12.6. The zero-order valence-electron chi connectivity index (χ0n) is 10.4. The smallest absolute Gasteiger partial charge is 0.105 e. The Labute approximate surface area is 103 Å². The van der Waals surface area contributed by atoms with Crippen molar-refractivity contribution in [2.24, 2.45) is 0 Å². The highest BCUT2D eigenvalue weighted by atomic mass is 16.3. The van der Waals surface area contributed by atoms with Gasteiger partial charge >= 0.3 is 0 Å². The fourth-order valence-electron chi connectivity index (χ4n) is 1.90. The third kappa shape index (κ3) is 3.46. The molecule has 2 rings (SSSR count). The van der Waals surface area contributed by atoms with Crippen LogP contribution in [0.25, 0.3) is 0 Å². The van der Waals surface area contributed by atoms with Crippen LogP contribution < -0.4 is 5.32 Å². The largest absolute Gasteiger partial charge is 0.469 e. The molecule has 17 heavy (non-hydrogen) atoms. The average Bonchev–Trinajstić information content (AvgIpc) is 2.81. The molecule has 0 saturated carbocycles. The number of hydrogen-bond donors (Lipinski definition) is 1. The summed E-state index contributed by atoms with van der Waals surface area (Å²) in [6.45, 7) is 5.24. The molecule has 2 nitrogen and oxygen atoms in total. The van der Waals surface area contributed by atoms with E-state index in [9.17, 15) is 0 Å². The van der Waals surface area contributed by atoms with Crippen LogP contribution in [-0.4, -0.2) is 6.04 Å². The van der Waals surface area contributed by atoms with Crippen molar-refractivity contribution in [3.8, 4) is 0 Å². The summed E-state index contributed by atoms with van der Waals surface area (Å²) < 4.78 is 5.34. The Morgan fingerprint density at radius 3 is 2.71 bits per heavy atom. The van der Waals surface area contributed by atoms with Crippen molar-refractivity contribution in [3.63, 3.8) is 0 Å². The molecule has 0 radical (unpaired) electrons. The third-order valence-corrected chi connectivity index (χ3v) is 2.99. The fraction of sp³-hybridized carbons (Fsp3) is 0.333. The molecular formula is C15H19NO. The summed E-state index contributed by atoms with van der Waals surface area (Å²) in [6, 6.07) is 12.8. The first kappa shape index (κ1) is 11.9. The lowest BCUT2D eigenvalue weighted by atomic mass is 10.1. The molecule has 0 fully saturated rings. The molecule has 0 spiro atoms. The molecule has 0 aliphatic rings. The van der Waals surface area contributed by atoms with Crippen molar-refractivity contribution in [1.82, 2.24) is 5.32 Å². The summed E-state index contributed by atoms with van der Waals surface area (Å²) >= 11 is 0. The number of aryl methyl sites for hydroxylation is 1. The number of nitrogens with one attached hydrogen (secondary N) is 1. The summed E-state index contributed by atoms with van der Waals surface area (Å²) in [5, 5.41) is 3.52. The Balaban J connectivity index is 1.84. The van der Waals surface area contributed by atoms with Crippen molar-refractivity contribution in [3.05, 3.63) is 59.5 Å². The molecular weight excluding hydrogens is 210 g/mol. The molecule has 0 aliphatic heterocycles. The Morgan fingerprint density at radius 1 is 1.18 bits per heavy atom. The van der Waals surface area contributed by atoms with Gasteiger partial charge in [-0.25, -0.2) is 0 Å². The van der Waals surface area contributed by atoms with Crippen molar-refractivity contribution in [2.75, 3.05) is 0 Å². The summed E-state index contributed by atoms with van der Waals surface area (Å²) in [4.78, 5) is 0. The molecule has 1 atom stereocenters. The van der Waals surface area contributed by atoms with Crippen molar-refractivity contribution >= 4 is 0 Å². The van der Waals surface area contributed by atoms with Crippen LogP contribution in [0.3, 0.4) is 0 Å². The summed E-state index contributed by atoms with van der Waals surface area (Å²) in [7, 11) is 0. The molecule has 2 aromatic rings. The van der Waals surface area contributed by atoms with Gasteiger partial charge in [-0.05, 0) is 37.1 Å². The fourth-order valence-corrected chi connectivity index (χ4v) is 1.90. The molecule has 0 bridgehead atoms. The van der Waals surface area contributed by atoms with E-state index in [1.165, 1.54) is 11.1 Å². The van der Waals surface area contributed by atoms with E-state index >= 15 is 0 Å². The lowest BCUT2D eigenvalue weighted by Crippen LogP contribution is -2.27. The molecule has 1 aromatic heterocycles. The first-order valence-corrected chi connectivity index (χ1v) is 6.06. The molecule has 1 unspecified atom stereocenters. The van der Waals surface area contributed by atoms with E-state index in [0.29, 0.717) is 6.04 Å². The summed E-state index contributed by atoms with van der Waals surface area (Å²) in [5.41, 5.74) is 2.70. The molecule has 90 valence electrons. The predicted octanol–water partition coefficient (Wildman–Crippen LogP) is 3.31. The zero-order chi connectivity index (χ0) is 12.1. The van der Waals surface area contributed by atoms with E-state index in [-0.39, 0.29) is 0 Å². The van der Waals surface area contributed by atoms with Gasteiger partial charge in [0, 0.05) is 19.0 Å². The van der Waals surface area contributed by atoms with Crippen molar-refractivity contribution in [1.29, 1.82) is 0 Å². The van der Waals surface area contributed by atoms with Crippen LogP contribution >= 0.6 is 0 Å². The SMILES string of the molecule is Cc1ccccc1CNC(C)Cc1ccco1. The van der Waals surface area contributed by atoms with E-state index in [4.69, 9.17) is 4.42 Å². The molecule has 1 N–H and O–H groups in total. The first-order valence-electron chi connectivity index (χ1n) is 6.06. The van der Waals surface area contributed by atoms with Crippen LogP contribution in [0.2, 0.25) is 0 Å². The predicted molar refractivity (Wildman–Crippen MR) is 69.9 cm³/mol. The Morgan fingerprint density at radius 2 is 2.00 bits per heavy atom. The monoisotopic (exact) mass is 229 g/mol. The summed E-state index contributed by atoms with van der Waals surface area (Å²) in [6.07, 6.45) is 2.66. The highest BCUT2D eigenvalue weighted by molar-refractivity contribution is 5.25. The van der Waals surface area contributed by atoms with E-state index in [0.717, 1.165) is 18.7 Å². The molecule has 2 heteroatoms. The first-order chi connectivity index (χ1) is 8.25. The van der Waals surface area contributed by atoms with Crippen molar-refractivity contribution in [2.45, 2.75) is 32.9 Å². The maximum absolute atomic E-state index is 5.34. The van der Waals surface area contributed by atoms with Gasteiger partial charge in [0.1, 0.15) is 5.76 Å². The van der Waals surface area contributed by atoms with Gasteiger partial charge in [0.05, 0.1) is 6.26 Å². The van der Waals surface area contributed by atoms with E-state index < -0.39 is 0 Å². The lowest BCUT2D eigenvalue weighted by Gasteiger charge is -2.13. The van der Waals surface area contributed by atoms with Gasteiger partial charge in [0.15, 0.2) is 0 Å². The standard InChI is InChI=1S/C15H19NO/c1-12-6-3-4-7-14(12)11-16-13(2)10-15-8-5-9-17-15/h3-9,13,16H,10-11H2,1-2H3. The quantitative estimate of drug-likeness (QED) is 0.851. The van der Waals surface area contributed by atoms with Crippen LogP contribution in [0.5, 0.6) is 0 Å². The third-order valence-electron chi connectivity index (χ3n) is 2.99. The van der Waals surface area contributed by atoms with E-state index in [2.05, 4.69) is 43.4 Å². The maximum atomic E-state index is 5.34. The Bertz CT molecular complexity index is 448. The van der Waals surface area contributed by atoms with Gasteiger partial charge < -0.3 is 9.73 Å². The van der Waals surface area contributed by atoms with Crippen LogP contribution in [0.1, 0.15) is 23.8 Å². The number of hydrogen-bond acceptors (Lipinski definition) is 2. The molecule has 0 aliphatic carbocycles. The molecule has 1 heterocycles. The number of benzene rings is 1. The highest BCUT2D eigenvalue weighted by Crippen LogP contribution is 2.08. The van der Waals surface area contributed by atoms with Gasteiger partial charge in [0.25, 0.3) is 0 Å². The maximum Gasteiger partial charge on any atom is 0.105 e. The minimum absolute atomic E-state index is 0.417. The lowest BCUT2D eigenvalue weighted by molar-refractivity contribution is 0.456. The molecule has 0 amide bonds. The van der Waals surface area contributed by atoms with Gasteiger partial charge in [-0.2, -0.15) is 0 Å². The van der Waals surface area contributed by atoms with Crippen LogP contribution in [-0.2, 0) is 13.0 Å². The number of furan rings is 1. The van der Waals surface area contributed by atoms with Crippen LogP contribution in [0.15, 0.2) is 47.1 Å². The van der Waals surface area contributed by atoms with Gasteiger partial charge in [-0.3, -0.25) is 0 Å². The number of rotatable bonds is 5. The van der Waals surface area contributed by atoms with E-state index in [1.807, 2.05) is 12.1 Å². The molecule has 1 aromatic carbocycles. The Kier molecular flexibility index (Phi) is 3.99. The zero-order valence-corrected chi connectivity index (χ0v) is 10.4.